The minimum atomic E-state index is -0.466. The minimum absolute atomic E-state index is 0.215. The summed E-state index contributed by atoms with van der Waals surface area (Å²) in [7, 11) is 0. The van der Waals surface area contributed by atoms with E-state index in [0.717, 1.165) is 4.47 Å². The molecule has 7 heteroatoms. The number of amides is 2. The molecule has 1 aromatic carbocycles. The van der Waals surface area contributed by atoms with Crippen LogP contribution in [0.25, 0.3) is 0 Å². The highest BCUT2D eigenvalue weighted by molar-refractivity contribution is 9.10. The Kier molecular flexibility index (Phi) is 6.31. The molecule has 0 atom stereocenters. The van der Waals surface area contributed by atoms with Crippen molar-refractivity contribution in [1.29, 1.82) is 0 Å². The van der Waals surface area contributed by atoms with E-state index in [-0.39, 0.29) is 6.61 Å². The van der Waals surface area contributed by atoms with E-state index in [1.807, 2.05) is 12.1 Å². The first-order chi connectivity index (χ1) is 11.5. The van der Waals surface area contributed by atoms with Crippen LogP contribution in [0.3, 0.4) is 0 Å². The molecule has 0 unspecified atom stereocenters. The Hall–Kier alpha value is -2.41. The molecule has 0 saturated heterocycles. The number of carbonyl (C=O) groups excluding carboxylic acids is 2. The number of aromatic nitrogens is 1. The van der Waals surface area contributed by atoms with Gasteiger partial charge in [0.2, 0.25) is 0 Å². The second-order valence-corrected chi connectivity index (χ2v) is 6.23. The predicted molar refractivity (Wildman–Crippen MR) is 93.6 cm³/mol. The highest BCUT2D eigenvalue weighted by Gasteiger charge is 2.10. The van der Waals surface area contributed by atoms with Gasteiger partial charge < -0.3 is 4.74 Å². The summed E-state index contributed by atoms with van der Waals surface area (Å²) in [5, 5.41) is 0. The van der Waals surface area contributed by atoms with Crippen LogP contribution >= 0.6 is 15.9 Å². The number of pyridine rings is 1. The molecule has 2 rings (SSSR count). The lowest BCUT2D eigenvalue weighted by molar-refractivity contribution is -0.123. The first-order valence-corrected chi connectivity index (χ1v) is 8.18. The maximum atomic E-state index is 11.8. The molecule has 0 aliphatic heterocycles. The number of carbonyl (C=O) groups is 2. The van der Waals surface area contributed by atoms with Gasteiger partial charge in [0.25, 0.3) is 11.8 Å². The van der Waals surface area contributed by atoms with Crippen LogP contribution in [-0.2, 0) is 4.79 Å². The Morgan fingerprint density at radius 2 is 2.04 bits per heavy atom. The molecular formula is C17H18BrN3O3. The van der Waals surface area contributed by atoms with Crippen molar-refractivity contribution < 1.29 is 14.3 Å². The van der Waals surface area contributed by atoms with Crippen molar-refractivity contribution in [2.75, 3.05) is 6.61 Å². The molecule has 0 fully saturated rings. The monoisotopic (exact) mass is 391 g/mol. The number of hydrogen-bond acceptors (Lipinski definition) is 4. The molecule has 24 heavy (non-hydrogen) atoms. The number of nitrogens with one attached hydrogen (secondary N) is 2. The van der Waals surface area contributed by atoms with E-state index in [4.69, 9.17) is 4.74 Å². The second kappa shape index (κ2) is 8.44. The van der Waals surface area contributed by atoms with Crippen LogP contribution in [0.5, 0.6) is 5.75 Å². The van der Waals surface area contributed by atoms with E-state index >= 15 is 0 Å². The van der Waals surface area contributed by atoms with Crippen LogP contribution in [0.4, 0.5) is 0 Å². The van der Waals surface area contributed by atoms with Crippen molar-refractivity contribution >= 4 is 27.7 Å². The van der Waals surface area contributed by atoms with Crippen LogP contribution < -0.4 is 15.6 Å². The van der Waals surface area contributed by atoms with Gasteiger partial charge in [-0.1, -0.05) is 19.9 Å². The van der Waals surface area contributed by atoms with Gasteiger partial charge >= 0.3 is 0 Å². The van der Waals surface area contributed by atoms with Crippen LogP contribution in [-0.4, -0.2) is 23.4 Å². The molecule has 126 valence electrons. The highest BCUT2D eigenvalue weighted by Crippen LogP contribution is 2.28. The number of halogens is 1. The summed E-state index contributed by atoms with van der Waals surface area (Å²) in [5.74, 6) is 0.0560. The fraction of sp³-hybridized carbons (Fsp3) is 0.235. The zero-order valence-corrected chi connectivity index (χ0v) is 15.0. The van der Waals surface area contributed by atoms with Gasteiger partial charge in [-0.3, -0.25) is 25.4 Å². The number of rotatable bonds is 5. The average molecular weight is 392 g/mol. The molecule has 1 heterocycles. The molecule has 0 bridgehead atoms. The minimum Gasteiger partial charge on any atom is -0.483 e. The van der Waals surface area contributed by atoms with Crippen LogP contribution in [0.15, 0.2) is 47.2 Å². The number of nitrogens with zero attached hydrogens (tertiary/aromatic N) is 1. The number of hydrazine groups is 1. The first-order valence-electron chi connectivity index (χ1n) is 7.39. The fourth-order valence-electron chi connectivity index (χ4n) is 1.87. The fourth-order valence-corrected chi connectivity index (χ4v) is 2.38. The Labute approximate surface area is 148 Å². The molecular weight excluding hydrogens is 374 g/mol. The van der Waals surface area contributed by atoms with Crippen molar-refractivity contribution in [3.63, 3.8) is 0 Å². The van der Waals surface area contributed by atoms with E-state index in [1.165, 1.54) is 11.8 Å². The van der Waals surface area contributed by atoms with E-state index < -0.39 is 11.8 Å². The van der Waals surface area contributed by atoms with E-state index in [2.05, 4.69) is 45.6 Å². The van der Waals surface area contributed by atoms with Crippen molar-refractivity contribution in [3.8, 4) is 5.75 Å². The second-order valence-electron chi connectivity index (χ2n) is 5.38. The van der Waals surface area contributed by atoms with Gasteiger partial charge in [0.05, 0.1) is 10.0 Å². The van der Waals surface area contributed by atoms with Crippen molar-refractivity contribution in [1.82, 2.24) is 15.8 Å². The third-order valence-electron chi connectivity index (χ3n) is 3.22. The zero-order chi connectivity index (χ0) is 17.5. The van der Waals surface area contributed by atoms with E-state index in [0.29, 0.717) is 17.2 Å². The van der Waals surface area contributed by atoms with Crippen molar-refractivity contribution in [2.45, 2.75) is 19.8 Å². The van der Waals surface area contributed by atoms with Gasteiger partial charge in [-0.25, -0.2) is 0 Å². The Bertz CT molecular complexity index is 720. The third kappa shape index (κ3) is 5.06. The van der Waals surface area contributed by atoms with Crippen molar-refractivity contribution in [3.05, 3.63) is 58.3 Å². The summed E-state index contributed by atoms with van der Waals surface area (Å²) in [5.41, 5.74) is 6.12. The maximum Gasteiger partial charge on any atom is 0.276 e. The summed E-state index contributed by atoms with van der Waals surface area (Å²) >= 11 is 3.42. The van der Waals surface area contributed by atoms with Gasteiger partial charge in [-0.15, -0.1) is 0 Å². The number of ether oxygens (including phenoxy) is 1. The first kappa shape index (κ1) is 17.9. The summed E-state index contributed by atoms with van der Waals surface area (Å²) in [6, 6.07) is 8.95. The molecule has 6 nitrogen and oxygen atoms in total. The summed E-state index contributed by atoms with van der Waals surface area (Å²) in [6.45, 7) is 3.98. The van der Waals surface area contributed by atoms with E-state index in [1.54, 1.807) is 24.4 Å². The summed E-state index contributed by atoms with van der Waals surface area (Å²) < 4.78 is 6.23. The third-order valence-corrected chi connectivity index (χ3v) is 3.84. The summed E-state index contributed by atoms with van der Waals surface area (Å²) in [6.07, 6.45) is 2.97. The molecule has 0 radical (unpaired) electrons. The molecule has 2 amide bonds. The van der Waals surface area contributed by atoms with Crippen molar-refractivity contribution in [2.24, 2.45) is 0 Å². The topological polar surface area (TPSA) is 80.3 Å². The summed E-state index contributed by atoms with van der Waals surface area (Å²) in [4.78, 5) is 27.4. The predicted octanol–water partition coefficient (Wildman–Crippen LogP) is 2.81. The van der Waals surface area contributed by atoms with Gasteiger partial charge in [0.1, 0.15) is 5.75 Å². The Morgan fingerprint density at radius 1 is 1.25 bits per heavy atom. The van der Waals surface area contributed by atoms with Gasteiger partial charge in [0, 0.05) is 12.4 Å². The molecule has 0 spiro atoms. The largest absolute Gasteiger partial charge is 0.483 e. The normalized spacial score (nSPS) is 10.3. The average Bonchev–Trinajstić information content (AvgIpc) is 2.59. The molecule has 1 aromatic heterocycles. The smallest absolute Gasteiger partial charge is 0.276 e. The molecule has 0 aliphatic carbocycles. The van der Waals surface area contributed by atoms with Gasteiger partial charge in [0.15, 0.2) is 6.61 Å². The lowest BCUT2D eigenvalue weighted by Crippen LogP contribution is -2.43. The highest BCUT2D eigenvalue weighted by atomic mass is 79.9. The van der Waals surface area contributed by atoms with Crippen LogP contribution in [0.2, 0.25) is 0 Å². The lowest BCUT2D eigenvalue weighted by Gasteiger charge is -2.12. The molecule has 0 aliphatic rings. The number of benzene rings is 1. The SMILES string of the molecule is CC(C)c1ccc(OCC(=O)NNC(=O)c2cccnc2)c(Br)c1. The Morgan fingerprint density at radius 3 is 2.67 bits per heavy atom. The van der Waals surface area contributed by atoms with Gasteiger partial charge in [-0.05, 0) is 51.7 Å². The number of hydrogen-bond donors (Lipinski definition) is 2. The zero-order valence-electron chi connectivity index (χ0n) is 13.4. The van der Waals surface area contributed by atoms with E-state index in [9.17, 15) is 9.59 Å². The molecule has 0 saturated carbocycles. The maximum absolute atomic E-state index is 11.8. The quantitative estimate of drug-likeness (QED) is 0.767. The molecule has 2 aromatic rings. The van der Waals surface area contributed by atoms with Gasteiger partial charge in [-0.2, -0.15) is 0 Å². The Balaban J connectivity index is 1.82. The lowest BCUT2D eigenvalue weighted by atomic mass is 10.0. The molecule has 2 N–H and O–H groups in total. The van der Waals surface area contributed by atoms with Crippen LogP contribution in [0, 0.1) is 0 Å². The van der Waals surface area contributed by atoms with Crippen LogP contribution in [0.1, 0.15) is 35.7 Å². The standard InChI is InChI=1S/C17H18BrN3O3/c1-11(2)12-5-6-15(14(18)8-12)24-10-16(22)20-21-17(23)13-4-3-7-19-9-13/h3-9,11H,10H2,1-2H3,(H,20,22)(H,21,23).